The Morgan fingerprint density at radius 1 is 1.27 bits per heavy atom. The van der Waals surface area contributed by atoms with E-state index in [0.29, 0.717) is 22.5 Å². The maximum Gasteiger partial charge on any atom is 0.260 e. The fourth-order valence-electron chi connectivity index (χ4n) is 4.00. The Hall–Kier alpha value is -2.91. The predicted molar refractivity (Wildman–Crippen MR) is 116 cm³/mol. The molecule has 8 nitrogen and oxygen atoms in total. The number of anilines is 1. The zero-order chi connectivity index (χ0) is 20.5. The molecule has 9 heteroatoms. The van der Waals surface area contributed by atoms with Crippen LogP contribution in [0.1, 0.15) is 24.4 Å². The number of thioether (sulfide) groups is 1. The van der Waals surface area contributed by atoms with Crippen LogP contribution in [0.15, 0.2) is 41.4 Å². The van der Waals surface area contributed by atoms with Crippen LogP contribution >= 0.6 is 11.8 Å². The van der Waals surface area contributed by atoms with E-state index in [9.17, 15) is 9.90 Å². The molecule has 4 heterocycles. The zero-order valence-corrected chi connectivity index (χ0v) is 17.1. The number of amides is 1. The van der Waals surface area contributed by atoms with Gasteiger partial charge in [0.05, 0.1) is 21.6 Å². The Morgan fingerprint density at radius 3 is 3.00 bits per heavy atom. The maximum atomic E-state index is 11.8. The van der Waals surface area contributed by atoms with Crippen molar-refractivity contribution in [2.75, 3.05) is 18.0 Å². The highest BCUT2D eigenvalue weighted by atomic mass is 32.2. The lowest BCUT2D eigenvalue weighted by Gasteiger charge is -2.32. The molecule has 0 spiro atoms. The molecule has 2 fully saturated rings. The highest BCUT2D eigenvalue weighted by Crippen LogP contribution is 2.28. The molecular weight excluding hydrogens is 400 g/mol. The van der Waals surface area contributed by atoms with E-state index < -0.39 is 5.56 Å². The number of aromatic nitrogens is 4. The van der Waals surface area contributed by atoms with Crippen molar-refractivity contribution >= 4 is 40.7 Å². The minimum absolute atomic E-state index is 0.281. The molecule has 5 rings (SSSR count). The average molecular weight is 423 g/mol. The van der Waals surface area contributed by atoms with Crippen molar-refractivity contribution in [3.63, 3.8) is 0 Å². The molecule has 30 heavy (non-hydrogen) atoms. The van der Waals surface area contributed by atoms with Crippen LogP contribution < -0.4 is 10.2 Å². The number of carbonyl (C=O) groups is 1. The normalized spacial score (nSPS) is 23.3. The van der Waals surface area contributed by atoms with Gasteiger partial charge >= 0.3 is 0 Å². The third kappa shape index (κ3) is 4.03. The number of aromatic amines is 1. The summed E-state index contributed by atoms with van der Waals surface area (Å²) in [5.41, 5.74) is 1.84. The number of rotatable bonds is 4. The van der Waals surface area contributed by atoms with Gasteiger partial charge in [0.2, 0.25) is 5.95 Å². The van der Waals surface area contributed by atoms with E-state index in [4.69, 9.17) is 4.98 Å². The fourth-order valence-corrected chi connectivity index (χ4v) is 4.77. The van der Waals surface area contributed by atoms with Gasteiger partial charge in [-0.2, -0.15) is 0 Å². The highest BCUT2D eigenvalue weighted by molar-refractivity contribution is 8.05. The van der Waals surface area contributed by atoms with Crippen LogP contribution in [0.25, 0.3) is 17.1 Å². The molecule has 1 amide bonds. The van der Waals surface area contributed by atoms with Crippen molar-refractivity contribution in [2.24, 2.45) is 5.92 Å². The van der Waals surface area contributed by atoms with Gasteiger partial charge in [0, 0.05) is 25.7 Å². The molecule has 2 unspecified atom stereocenters. The van der Waals surface area contributed by atoms with Crippen LogP contribution in [0.4, 0.5) is 5.95 Å². The second-order valence-corrected chi connectivity index (χ2v) is 8.71. The summed E-state index contributed by atoms with van der Waals surface area (Å²) in [4.78, 5) is 31.7. The number of H-pyrrole nitrogens is 1. The van der Waals surface area contributed by atoms with E-state index in [2.05, 4.69) is 31.2 Å². The number of fused-ring (bicyclic) bond motifs is 1. The van der Waals surface area contributed by atoms with E-state index in [1.807, 2.05) is 18.2 Å². The van der Waals surface area contributed by atoms with E-state index in [1.165, 1.54) is 0 Å². The smallest absolute Gasteiger partial charge is 0.260 e. The summed E-state index contributed by atoms with van der Waals surface area (Å²) >= 11 is 1.08. The summed E-state index contributed by atoms with van der Waals surface area (Å²) in [6.45, 7) is 1.77. The van der Waals surface area contributed by atoms with Crippen LogP contribution in [-0.4, -0.2) is 49.6 Å². The molecule has 2 saturated heterocycles. The predicted octanol–water partition coefficient (Wildman–Crippen LogP) is 2.29. The van der Waals surface area contributed by atoms with Gasteiger partial charge in [-0.3, -0.25) is 4.79 Å². The quantitative estimate of drug-likeness (QED) is 0.554. The van der Waals surface area contributed by atoms with Crippen molar-refractivity contribution in [3.05, 3.63) is 53.0 Å². The van der Waals surface area contributed by atoms with Crippen molar-refractivity contribution in [1.82, 2.24) is 25.3 Å². The number of piperidine rings is 1. The summed E-state index contributed by atoms with van der Waals surface area (Å²) in [5.74, 6) is 1.88. The number of hydrogen-bond acceptors (Lipinski definition) is 7. The first-order chi connectivity index (χ1) is 14.6. The summed E-state index contributed by atoms with van der Waals surface area (Å²) in [6.07, 6.45) is 6.52. The van der Waals surface area contributed by atoms with Gasteiger partial charge in [0.1, 0.15) is 5.82 Å². The molecule has 0 radical (unpaired) electrons. The van der Waals surface area contributed by atoms with Crippen molar-refractivity contribution in [2.45, 2.75) is 24.8 Å². The number of aliphatic hydroxyl groups excluding tert-OH is 1. The average Bonchev–Trinajstić information content (AvgIpc) is 3.29. The minimum Gasteiger partial charge on any atom is -0.364 e. The van der Waals surface area contributed by atoms with Crippen LogP contribution in [0.5, 0.6) is 0 Å². The Bertz CT molecular complexity index is 1080. The molecule has 3 N–H and O–H groups in total. The third-order valence-corrected chi connectivity index (χ3v) is 6.28. The number of para-hydroxylation sites is 2. The SMILES string of the molecule is O=C1NC(O)SC1=Cc1ccnc(N2CCCC(Cc3nc4ccccc4[nH]3)C2)n1. The second-order valence-electron chi connectivity index (χ2n) is 7.59. The Balaban J connectivity index is 1.30. The molecule has 3 aromatic rings. The van der Waals surface area contributed by atoms with E-state index in [1.54, 1.807) is 18.3 Å². The zero-order valence-electron chi connectivity index (χ0n) is 16.3. The lowest BCUT2D eigenvalue weighted by atomic mass is 9.95. The summed E-state index contributed by atoms with van der Waals surface area (Å²) < 4.78 is 0. The van der Waals surface area contributed by atoms with Gasteiger partial charge < -0.3 is 20.3 Å². The molecule has 2 aliphatic heterocycles. The third-order valence-electron chi connectivity index (χ3n) is 5.38. The number of nitrogens with zero attached hydrogens (tertiary/aromatic N) is 4. The molecule has 1 aromatic carbocycles. The number of nitrogens with one attached hydrogen (secondary N) is 2. The molecule has 2 aromatic heterocycles. The van der Waals surface area contributed by atoms with Crippen LogP contribution in [0.2, 0.25) is 0 Å². The number of benzene rings is 1. The van der Waals surface area contributed by atoms with Crippen molar-refractivity contribution in [1.29, 1.82) is 0 Å². The first-order valence-corrected chi connectivity index (χ1v) is 10.9. The molecule has 0 bridgehead atoms. The molecule has 154 valence electrons. The number of aliphatic hydroxyl groups is 1. The van der Waals surface area contributed by atoms with Gasteiger partial charge in [-0.15, -0.1) is 0 Å². The number of imidazole rings is 1. The number of carbonyl (C=O) groups excluding carboxylic acids is 1. The largest absolute Gasteiger partial charge is 0.364 e. The van der Waals surface area contributed by atoms with Gasteiger partial charge in [-0.1, -0.05) is 23.9 Å². The van der Waals surface area contributed by atoms with E-state index in [0.717, 1.165) is 61.0 Å². The van der Waals surface area contributed by atoms with Crippen molar-refractivity contribution < 1.29 is 9.90 Å². The molecule has 2 aliphatic rings. The Morgan fingerprint density at radius 2 is 2.17 bits per heavy atom. The monoisotopic (exact) mass is 422 g/mol. The van der Waals surface area contributed by atoms with Gasteiger partial charge in [0.25, 0.3) is 5.91 Å². The van der Waals surface area contributed by atoms with Crippen LogP contribution in [0.3, 0.4) is 0 Å². The van der Waals surface area contributed by atoms with Crippen LogP contribution in [-0.2, 0) is 11.2 Å². The lowest BCUT2D eigenvalue weighted by molar-refractivity contribution is -0.117. The first kappa shape index (κ1) is 19.1. The van der Waals surface area contributed by atoms with E-state index >= 15 is 0 Å². The minimum atomic E-state index is -0.897. The topological polar surface area (TPSA) is 107 Å². The van der Waals surface area contributed by atoms with Gasteiger partial charge in [-0.05, 0) is 43.0 Å². The lowest BCUT2D eigenvalue weighted by Crippen LogP contribution is -2.37. The van der Waals surface area contributed by atoms with Gasteiger partial charge in [-0.25, -0.2) is 15.0 Å². The second kappa shape index (κ2) is 8.08. The summed E-state index contributed by atoms with van der Waals surface area (Å²) in [5, 5.41) is 12.0. The first-order valence-electron chi connectivity index (χ1n) is 10.0. The van der Waals surface area contributed by atoms with Crippen LogP contribution in [0, 0.1) is 5.92 Å². The molecule has 0 saturated carbocycles. The number of hydrogen-bond donors (Lipinski definition) is 3. The highest BCUT2D eigenvalue weighted by Gasteiger charge is 2.26. The Kier molecular flexibility index (Phi) is 5.14. The summed E-state index contributed by atoms with van der Waals surface area (Å²) in [7, 11) is 0. The van der Waals surface area contributed by atoms with E-state index in [-0.39, 0.29) is 5.91 Å². The maximum absolute atomic E-state index is 11.8. The van der Waals surface area contributed by atoms with Crippen molar-refractivity contribution in [3.8, 4) is 0 Å². The Labute approximate surface area is 177 Å². The van der Waals surface area contributed by atoms with Gasteiger partial charge in [0.15, 0.2) is 5.56 Å². The molecule has 2 atom stereocenters. The summed E-state index contributed by atoms with van der Waals surface area (Å²) in [6, 6.07) is 9.86. The molecule has 0 aliphatic carbocycles. The standard InChI is InChI=1S/C21H22N6O2S/c28-19-17(30-21(29)26-19)11-14-7-8-22-20(23-14)27-9-3-4-13(12-27)10-18-24-15-5-1-2-6-16(15)25-18/h1-2,5-8,11,13,21,29H,3-4,9-10,12H2,(H,24,25)(H,26,28). The fraction of sp³-hybridized carbons (Fsp3) is 0.333. The molecular formula is C21H22N6O2S.